The Morgan fingerprint density at radius 1 is 1.27 bits per heavy atom. The number of fused-ring (bicyclic) bond motifs is 1. The highest BCUT2D eigenvalue weighted by molar-refractivity contribution is 5.85. The van der Waals surface area contributed by atoms with Gasteiger partial charge in [0, 0.05) is 12.3 Å². The van der Waals surface area contributed by atoms with E-state index in [0.29, 0.717) is 6.42 Å². The van der Waals surface area contributed by atoms with Gasteiger partial charge in [-0.25, -0.2) is 0 Å². The Balaban J connectivity index is 2.15. The minimum absolute atomic E-state index is 0.0585. The Labute approximate surface area is 135 Å². The van der Waals surface area contributed by atoms with Crippen LogP contribution < -0.4 is 0 Å². The van der Waals surface area contributed by atoms with E-state index in [1.807, 2.05) is 6.92 Å². The standard InChI is InChI=1S/C20H30O2/c1-14(2)17-11-9-15(3)7-6-8-16(4)10-12-19-20(5,22-19)13-18(17)21/h8-9,17,19H,1,6-7,10-13H2,2-5H3. The van der Waals surface area contributed by atoms with E-state index < -0.39 is 0 Å². The molecule has 122 valence electrons. The van der Waals surface area contributed by atoms with Crippen molar-refractivity contribution in [3.63, 3.8) is 0 Å². The number of hydrogen-bond acceptors (Lipinski definition) is 2. The molecule has 2 aliphatic rings. The summed E-state index contributed by atoms with van der Waals surface area (Å²) in [4.78, 5) is 12.7. The zero-order valence-corrected chi connectivity index (χ0v) is 14.6. The van der Waals surface area contributed by atoms with Gasteiger partial charge >= 0.3 is 0 Å². The molecule has 0 aromatic rings. The molecule has 2 heteroatoms. The molecule has 0 N–H and O–H groups in total. The van der Waals surface area contributed by atoms with Crippen LogP contribution in [0.15, 0.2) is 35.5 Å². The molecular formula is C20H30O2. The predicted octanol–water partition coefficient (Wildman–Crippen LogP) is 5.15. The van der Waals surface area contributed by atoms with Gasteiger partial charge in [0.05, 0.1) is 11.7 Å². The van der Waals surface area contributed by atoms with E-state index in [2.05, 4.69) is 39.5 Å². The summed E-state index contributed by atoms with van der Waals surface area (Å²) in [5.41, 5.74) is 3.53. The van der Waals surface area contributed by atoms with E-state index in [-0.39, 0.29) is 23.4 Å². The summed E-state index contributed by atoms with van der Waals surface area (Å²) in [5.74, 6) is 0.225. The monoisotopic (exact) mass is 302 g/mol. The molecule has 2 nitrogen and oxygen atoms in total. The van der Waals surface area contributed by atoms with E-state index in [9.17, 15) is 4.79 Å². The molecule has 2 rings (SSSR count). The van der Waals surface area contributed by atoms with Crippen LogP contribution in [0.2, 0.25) is 0 Å². The van der Waals surface area contributed by atoms with Crippen molar-refractivity contribution in [3.8, 4) is 0 Å². The van der Waals surface area contributed by atoms with E-state index in [1.165, 1.54) is 11.1 Å². The molecule has 0 amide bonds. The molecule has 0 aromatic heterocycles. The fourth-order valence-corrected chi connectivity index (χ4v) is 3.32. The van der Waals surface area contributed by atoms with Crippen molar-refractivity contribution in [1.29, 1.82) is 0 Å². The first-order chi connectivity index (χ1) is 10.3. The van der Waals surface area contributed by atoms with E-state index >= 15 is 0 Å². The number of epoxide rings is 1. The largest absolute Gasteiger partial charge is 0.366 e. The molecule has 0 bridgehead atoms. The zero-order chi connectivity index (χ0) is 16.3. The van der Waals surface area contributed by atoms with Crippen LogP contribution in [0.25, 0.3) is 0 Å². The van der Waals surface area contributed by atoms with Crippen molar-refractivity contribution in [1.82, 2.24) is 0 Å². The van der Waals surface area contributed by atoms with Gasteiger partial charge in [0.15, 0.2) is 0 Å². The van der Waals surface area contributed by atoms with Crippen LogP contribution in [0.5, 0.6) is 0 Å². The molecule has 1 aliphatic carbocycles. The van der Waals surface area contributed by atoms with Gasteiger partial charge in [-0.1, -0.05) is 35.5 Å². The van der Waals surface area contributed by atoms with Crippen molar-refractivity contribution in [2.75, 3.05) is 0 Å². The lowest BCUT2D eigenvalue weighted by molar-refractivity contribution is -0.122. The Kier molecular flexibility index (Phi) is 5.44. The average molecular weight is 302 g/mol. The van der Waals surface area contributed by atoms with Crippen LogP contribution in [0.3, 0.4) is 0 Å². The van der Waals surface area contributed by atoms with Crippen LogP contribution in [0, 0.1) is 5.92 Å². The minimum Gasteiger partial charge on any atom is -0.366 e. The highest BCUT2D eigenvalue weighted by Gasteiger charge is 2.53. The number of carbonyl (C=O) groups is 1. The summed E-state index contributed by atoms with van der Waals surface area (Å²) in [7, 11) is 0. The lowest BCUT2D eigenvalue weighted by Gasteiger charge is -2.17. The lowest BCUT2D eigenvalue weighted by atomic mass is 9.85. The number of Topliss-reactive ketones (excluding diaryl/α,β-unsaturated/α-hetero) is 1. The van der Waals surface area contributed by atoms with Gasteiger partial charge in [0.1, 0.15) is 5.78 Å². The minimum atomic E-state index is -0.242. The summed E-state index contributed by atoms with van der Waals surface area (Å²) in [6, 6.07) is 0. The van der Waals surface area contributed by atoms with Crippen LogP contribution in [0.1, 0.15) is 66.2 Å². The maximum Gasteiger partial charge on any atom is 0.143 e. The Hall–Kier alpha value is -1.15. The summed E-state index contributed by atoms with van der Waals surface area (Å²) < 4.78 is 5.86. The smallest absolute Gasteiger partial charge is 0.143 e. The quantitative estimate of drug-likeness (QED) is 0.495. The Bertz CT molecular complexity index is 512. The van der Waals surface area contributed by atoms with Gasteiger partial charge in [-0.3, -0.25) is 4.79 Å². The van der Waals surface area contributed by atoms with E-state index in [0.717, 1.165) is 37.7 Å². The van der Waals surface area contributed by atoms with Crippen LogP contribution in [-0.2, 0) is 9.53 Å². The molecule has 22 heavy (non-hydrogen) atoms. The molecule has 0 spiro atoms. The van der Waals surface area contributed by atoms with Gasteiger partial charge in [-0.05, 0) is 59.8 Å². The van der Waals surface area contributed by atoms with Gasteiger partial charge in [-0.2, -0.15) is 0 Å². The third kappa shape index (κ3) is 4.42. The van der Waals surface area contributed by atoms with Crippen molar-refractivity contribution in [2.24, 2.45) is 5.92 Å². The first-order valence-corrected chi connectivity index (χ1v) is 8.49. The second-order valence-electron chi connectivity index (χ2n) is 7.38. The molecule has 0 saturated carbocycles. The molecule has 1 fully saturated rings. The first-order valence-electron chi connectivity index (χ1n) is 8.49. The number of ketones is 1. The summed E-state index contributed by atoms with van der Waals surface area (Å²) in [5, 5.41) is 0. The third-order valence-corrected chi connectivity index (χ3v) is 5.08. The number of hydrogen-bond donors (Lipinski definition) is 0. The van der Waals surface area contributed by atoms with Gasteiger partial charge in [-0.15, -0.1) is 0 Å². The van der Waals surface area contributed by atoms with Crippen LogP contribution in [0.4, 0.5) is 0 Å². The number of ether oxygens (including phenoxy) is 1. The topological polar surface area (TPSA) is 29.6 Å². The molecule has 3 atom stereocenters. The fraction of sp³-hybridized carbons (Fsp3) is 0.650. The molecule has 0 radical (unpaired) electrons. The molecule has 1 aliphatic heterocycles. The average Bonchev–Trinajstić information content (AvgIpc) is 3.05. The van der Waals surface area contributed by atoms with E-state index in [1.54, 1.807) is 0 Å². The van der Waals surface area contributed by atoms with Crippen molar-refractivity contribution >= 4 is 5.78 Å². The van der Waals surface area contributed by atoms with E-state index in [4.69, 9.17) is 4.74 Å². The molecular weight excluding hydrogens is 272 g/mol. The summed E-state index contributed by atoms with van der Waals surface area (Å²) in [6.07, 6.45) is 10.4. The predicted molar refractivity (Wildman–Crippen MR) is 91.8 cm³/mol. The van der Waals surface area contributed by atoms with Crippen molar-refractivity contribution < 1.29 is 9.53 Å². The summed E-state index contributed by atoms with van der Waals surface area (Å²) in [6.45, 7) is 12.4. The van der Waals surface area contributed by atoms with Crippen molar-refractivity contribution in [2.45, 2.75) is 77.9 Å². The van der Waals surface area contributed by atoms with Gasteiger partial charge in [0.25, 0.3) is 0 Å². The Morgan fingerprint density at radius 2 is 1.95 bits per heavy atom. The molecule has 0 aromatic carbocycles. The highest BCUT2D eigenvalue weighted by atomic mass is 16.6. The normalized spacial score (nSPS) is 34.1. The Morgan fingerprint density at radius 3 is 2.64 bits per heavy atom. The second-order valence-corrected chi connectivity index (χ2v) is 7.38. The van der Waals surface area contributed by atoms with Crippen molar-refractivity contribution in [3.05, 3.63) is 35.5 Å². The van der Waals surface area contributed by atoms with Crippen LogP contribution in [-0.4, -0.2) is 17.5 Å². The number of carbonyl (C=O) groups excluding carboxylic acids is 1. The molecule has 3 unspecified atom stereocenters. The third-order valence-electron chi connectivity index (χ3n) is 5.08. The fourth-order valence-electron chi connectivity index (χ4n) is 3.32. The SMILES string of the molecule is C=C(C)C1CC=C(C)CCC=C(C)CCC2OC2(C)CC1=O. The summed E-state index contributed by atoms with van der Waals surface area (Å²) >= 11 is 0. The zero-order valence-electron chi connectivity index (χ0n) is 14.6. The highest BCUT2D eigenvalue weighted by Crippen LogP contribution is 2.44. The van der Waals surface area contributed by atoms with Crippen LogP contribution >= 0.6 is 0 Å². The van der Waals surface area contributed by atoms with Gasteiger partial charge < -0.3 is 4.74 Å². The molecule has 1 saturated heterocycles. The lowest BCUT2D eigenvalue weighted by Crippen LogP contribution is -2.23. The second kappa shape index (κ2) is 6.95. The number of allylic oxidation sites excluding steroid dienone is 5. The first kappa shape index (κ1) is 17.2. The van der Waals surface area contributed by atoms with Gasteiger partial charge in [0.2, 0.25) is 0 Å². The molecule has 1 heterocycles. The maximum absolute atomic E-state index is 12.7. The maximum atomic E-state index is 12.7. The number of rotatable bonds is 1.